The fourth-order valence-electron chi connectivity index (χ4n) is 0.782. The number of carbonyl (C=O) groups is 1. The fourth-order valence-corrected chi connectivity index (χ4v) is 0.782. The second kappa shape index (κ2) is 2.49. The van der Waals surface area contributed by atoms with Gasteiger partial charge in [-0.1, -0.05) is 0 Å². The molecule has 1 N–H and O–H groups in total. The first kappa shape index (κ1) is 6.08. The summed E-state index contributed by atoms with van der Waals surface area (Å²) in [5.41, 5.74) is 2.16. The molecule has 1 heterocycles. The van der Waals surface area contributed by atoms with Gasteiger partial charge in [-0.2, -0.15) is 0 Å². The summed E-state index contributed by atoms with van der Waals surface area (Å²) in [6.45, 7) is 1.97. The first-order valence-electron chi connectivity index (χ1n) is 2.90. The van der Waals surface area contributed by atoms with Crippen molar-refractivity contribution in [2.45, 2.75) is 13.3 Å². The molecule has 0 radical (unpaired) electrons. The van der Waals surface area contributed by atoms with Crippen LogP contribution in [-0.2, 0) is 11.2 Å². The van der Waals surface area contributed by atoms with Gasteiger partial charge in [0.15, 0.2) is 0 Å². The van der Waals surface area contributed by atoms with E-state index in [4.69, 9.17) is 0 Å². The summed E-state index contributed by atoms with van der Waals surface area (Å²) in [6, 6.07) is 1.97. The Morgan fingerprint density at radius 3 is 3.00 bits per heavy atom. The maximum absolute atomic E-state index is 9.97. The molecule has 1 rings (SSSR count). The van der Waals surface area contributed by atoms with Crippen molar-refractivity contribution in [1.29, 1.82) is 0 Å². The largest absolute Gasteiger partial charge is 0.365 e. The minimum atomic E-state index is 0.518. The van der Waals surface area contributed by atoms with Crippen LogP contribution >= 0.6 is 0 Å². The molecule has 0 aliphatic rings. The Morgan fingerprint density at radius 1 is 1.78 bits per heavy atom. The number of aromatic amines is 1. The van der Waals surface area contributed by atoms with Gasteiger partial charge in [-0.05, 0) is 18.6 Å². The van der Waals surface area contributed by atoms with Gasteiger partial charge in [-0.3, -0.25) is 0 Å². The van der Waals surface area contributed by atoms with Gasteiger partial charge in [-0.15, -0.1) is 0 Å². The number of aromatic nitrogens is 1. The maximum Gasteiger partial charge on any atom is 0.124 e. The van der Waals surface area contributed by atoms with E-state index < -0.39 is 0 Å². The van der Waals surface area contributed by atoms with Crippen molar-refractivity contribution in [3.05, 3.63) is 23.5 Å². The fraction of sp³-hybridized carbons (Fsp3) is 0.286. The summed E-state index contributed by atoms with van der Waals surface area (Å²) < 4.78 is 0. The Labute approximate surface area is 53.9 Å². The molecule has 0 saturated carbocycles. The number of hydrogen-bond donors (Lipinski definition) is 1. The van der Waals surface area contributed by atoms with Crippen LogP contribution in [0.15, 0.2) is 12.3 Å². The number of H-pyrrole nitrogens is 1. The van der Waals surface area contributed by atoms with Gasteiger partial charge in [0.2, 0.25) is 0 Å². The zero-order valence-electron chi connectivity index (χ0n) is 5.35. The van der Waals surface area contributed by atoms with E-state index in [1.54, 1.807) is 0 Å². The molecule has 2 nitrogen and oxygen atoms in total. The van der Waals surface area contributed by atoms with Gasteiger partial charge in [0, 0.05) is 18.3 Å². The lowest BCUT2D eigenvalue weighted by atomic mass is 10.2. The highest BCUT2D eigenvalue weighted by Crippen LogP contribution is 2.00. The van der Waals surface area contributed by atoms with Gasteiger partial charge in [0.05, 0.1) is 0 Å². The Hall–Kier alpha value is -1.05. The van der Waals surface area contributed by atoms with Crippen molar-refractivity contribution >= 4 is 6.29 Å². The van der Waals surface area contributed by atoms with Crippen LogP contribution in [0.5, 0.6) is 0 Å². The lowest BCUT2D eigenvalue weighted by Crippen LogP contribution is -1.78. The molecule has 0 aliphatic heterocycles. The molecule has 0 saturated heterocycles. The third-order valence-electron chi connectivity index (χ3n) is 1.21. The first-order valence-corrected chi connectivity index (χ1v) is 2.90. The number of nitrogens with one attached hydrogen (secondary N) is 1. The third-order valence-corrected chi connectivity index (χ3v) is 1.21. The van der Waals surface area contributed by atoms with E-state index in [0.29, 0.717) is 6.42 Å². The highest BCUT2D eigenvalue weighted by molar-refractivity contribution is 5.54. The van der Waals surface area contributed by atoms with Gasteiger partial charge in [0.25, 0.3) is 0 Å². The summed E-state index contributed by atoms with van der Waals surface area (Å²) in [4.78, 5) is 13.0. The molecule has 0 aliphatic carbocycles. The number of rotatable bonds is 2. The van der Waals surface area contributed by atoms with Crippen molar-refractivity contribution in [2.24, 2.45) is 0 Å². The standard InChI is InChI=1S/C7H9NO/c1-6-4-7(2-3-9)5-8-6/h3-5,8H,2H2,1H3. The molecule has 0 unspecified atom stereocenters. The number of hydrogen-bond acceptors (Lipinski definition) is 1. The van der Waals surface area contributed by atoms with Crippen LogP contribution < -0.4 is 0 Å². The van der Waals surface area contributed by atoms with E-state index in [9.17, 15) is 4.79 Å². The summed E-state index contributed by atoms with van der Waals surface area (Å²) >= 11 is 0. The zero-order valence-corrected chi connectivity index (χ0v) is 5.35. The molecular weight excluding hydrogens is 114 g/mol. The van der Waals surface area contributed by atoms with Crippen LogP contribution in [0, 0.1) is 6.92 Å². The van der Waals surface area contributed by atoms with Gasteiger partial charge in [-0.25, -0.2) is 0 Å². The van der Waals surface area contributed by atoms with E-state index in [1.807, 2.05) is 19.2 Å². The highest BCUT2D eigenvalue weighted by atomic mass is 16.1. The van der Waals surface area contributed by atoms with E-state index >= 15 is 0 Å². The average molecular weight is 123 g/mol. The maximum atomic E-state index is 9.97. The number of carbonyl (C=O) groups excluding carboxylic acids is 1. The molecule has 0 aromatic carbocycles. The molecule has 0 amide bonds. The van der Waals surface area contributed by atoms with Crippen molar-refractivity contribution in [3.63, 3.8) is 0 Å². The second-order valence-corrected chi connectivity index (χ2v) is 2.06. The van der Waals surface area contributed by atoms with Crippen LogP contribution in [0.1, 0.15) is 11.3 Å². The molecule has 1 aromatic heterocycles. The molecule has 1 aromatic rings. The lowest BCUT2D eigenvalue weighted by Gasteiger charge is -1.79. The molecule has 0 fully saturated rings. The third kappa shape index (κ3) is 1.42. The highest BCUT2D eigenvalue weighted by Gasteiger charge is 1.91. The Bertz CT molecular complexity index is 202. The molecule has 0 spiro atoms. The van der Waals surface area contributed by atoms with Crippen LogP contribution in [0.25, 0.3) is 0 Å². The van der Waals surface area contributed by atoms with E-state index in [1.165, 1.54) is 0 Å². The second-order valence-electron chi connectivity index (χ2n) is 2.06. The molecule has 0 bridgehead atoms. The SMILES string of the molecule is Cc1cc(CC=O)c[nH]1. The minimum Gasteiger partial charge on any atom is -0.365 e. The Morgan fingerprint density at radius 2 is 2.56 bits per heavy atom. The summed E-state index contributed by atoms with van der Waals surface area (Å²) in [5.74, 6) is 0. The summed E-state index contributed by atoms with van der Waals surface area (Å²) in [6.07, 6.45) is 3.27. The predicted molar refractivity (Wildman–Crippen MR) is 35.3 cm³/mol. The van der Waals surface area contributed by atoms with Crippen LogP contribution in [0.3, 0.4) is 0 Å². The quantitative estimate of drug-likeness (QED) is 0.586. The summed E-state index contributed by atoms with van der Waals surface area (Å²) in [7, 11) is 0. The van der Waals surface area contributed by atoms with Gasteiger partial charge >= 0.3 is 0 Å². The molecule has 2 heteroatoms. The van der Waals surface area contributed by atoms with Crippen molar-refractivity contribution in [2.75, 3.05) is 0 Å². The minimum absolute atomic E-state index is 0.518. The van der Waals surface area contributed by atoms with Crippen LogP contribution in [0.2, 0.25) is 0 Å². The Kier molecular flexibility index (Phi) is 1.68. The molecular formula is C7H9NO. The topological polar surface area (TPSA) is 32.9 Å². The summed E-state index contributed by atoms with van der Waals surface area (Å²) in [5, 5.41) is 0. The molecule has 0 atom stereocenters. The van der Waals surface area contributed by atoms with Crippen LogP contribution in [-0.4, -0.2) is 11.3 Å². The smallest absolute Gasteiger partial charge is 0.124 e. The molecule has 9 heavy (non-hydrogen) atoms. The zero-order chi connectivity index (χ0) is 6.69. The van der Waals surface area contributed by atoms with E-state index in [-0.39, 0.29) is 0 Å². The van der Waals surface area contributed by atoms with Gasteiger partial charge < -0.3 is 9.78 Å². The van der Waals surface area contributed by atoms with Gasteiger partial charge in [0.1, 0.15) is 6.29 Å². The van der Waals surface area contributed by atoms with E-state index in [2.05, 4.69) is 4.98 Å². The first-order chi connectivity index (χ1) is 4.33. The van der Waals surface area contributed by atoms with Crippen molar-refractivity contribution in [1.82, 2.24) is 4.98 Å². The predicted octanol–water partition coefficient (Wildman–Crippen LogP) is 1.06. The number of aryl methyl sites for hydroxylation is 1. The van der Waals surface area contributed by atoms with Crippen molar-refractivity contribution < 1.29 is 4.79 Å². The molecule has 48 valence electrons. The monoisotopic (exact) mass is 123 g/mol. The average Bonchev–Trinajstić information content (AvgIpc) is 2.17. The lowest BCUT2D eigenvalue weighted by molar-refractivity contribution is -0.107. The Balaban J connectivity index is 2.72. The number of aldehydes is 1. The van der Waals surface area contributed by atoms with Crippen molar-refractivity contribution in [3.8, 4) is 0 Å². The van der Waals surface area contributed by atoms with E-state index in [0.717, 1.165) is 17.5 Å². The van der Waals surface area contributed by atoms with Crippen LogP contribution in [0.4, 0.5) is 0 Å². The normalized spacial score (nSPS) is 9.44.